The zero-order valence-corrected chi connectivity index (χ0v) is 20.7. The summed E-state index contributed by atoms with van der Waals surface area (Å²) in [5.41, 5.74) is 1.83. The molecule has 1 aromatic heterocycles. The molecule has 0 aliphatic heterocycles. The minimum absolute atomic E-state index is 0.153. The third-order valence-electron chi connectivity index (χ3n) is 8.91. The molecule has 1 N–H and O–H groups in total. The van der Waals surface area contributed by atoms with Crippen molar-refractivity contribution in [1.82, 2.24) is 15.2 Å². The van der Waals surface area contributed by atoms with Crippen LogP contribution in [0.1, 0.15) is 90.5 Å². The fraction of sp³-hybridized carbons (Fsp3) is 0.786. The van der Waals surface area contributed by atoms with E-state index in [2.05, 4.69) is 48.1 Å². The van der Waals surface area contributed by atoms with Crippen LogP contribution in [-0.2, 0) is 6.42 Å². The summed E-state index contributed by atoms with van der Waals surface area (Å²) >= 11 is 0. The SMILES string of the molecule is CCCCCN(CCC12CC3CC(CC(C3)C1)C2)C(=O)NC(C)C(C)Cc1ccncc1. The molecule has 0 aromatic carbocycles. The van der Waals surface area contributed by atoms with Gasteiger partial charge in [-0.25, -0.2) is 4.79 Å². The van der Waals surface area contributed by atoms with Gasteiger partial charge in [-0.2, -0.15) is 0 Å². The van der Waals surface area contributed by atoms with E-state index in [-0.39, 0.29) is 12.1 Å². The van der Waals surface area contributed by atoms with Crippen LogP contribution >= 0.6 is 0 Å². The molecule has 4 nitrogen and oxygen atoms in total. The molecule has 1 aromatic rings. The first-order chi connectivity index (χ1) is 15.5. The maximum Gasteiger partial charge on any atom is 0.317 e. The van der Waals surface area contributed by atoms with E-state index < -0.39 is 0 Å². The van der Waals surface area contributed by atoms with Crippen molar-refractivity contribution < 1.29 is 4.79 Å². The number of nitrogens with zero attached hydrogens (tertiary/aromatic N) is 2. The van der Waals surface area contributed by atoms with Crippen LogP contribution < -0.4 is 5.32 Å². The molecule has 5 rings (SSSR count). The first-order valence-electron chi connectivity index (χ1n) is 13.4. The van der Waals surface area contributed by atoms with E-state index in [4.69, 9.17) is 0 Å². The molecule has 4 fully saturated rings. The molecule has 4 bridgehead atoms. The van der Waals surface area contributed by atoms with Gasteiger partial charge in [0.15, 0.2) is 0 Å². The third kappa shape index (κ3) is 5.85. The number of nitrogens with one attached hydrogen (secondary N) is 1. The molecule has 4 aliphatic rings. The van der Waals surface area contributed by atoms with E-state index in [1.165, 1.54) is 63.4 Å². The molecule has 4 heteroatoms. The summed E-state index contributed by atoms with van der Waals surface area (Å²) in [5, 5.41) is 3.36. The molecule has 178 valence electrons. The Labute approximate surface area is 195 Å². The molecule has 4 aliphatic carbocycles. The second-order valence-electron chi connectivity index (χ2n) is 11.6. The van der Waals surface area contributed by atoms with Crippen LogP contribution in [0.3, 0.4) is 0 Å². The predicted octanol–water partition coefficient (Wildman–Crippen LogP) is 6.46. The van der Waals surface area contributed by atoms with Crippen molar-refractivity contribution in [1.29, 1.82) is 0 Å². The van der Waals surface area contributed by atoms with Crippen molar-refractivity contribution in [2.24, 2.45) is 29.1 Å². The number of hydrogen-bond acceptors (Lipinski definition) is 2. The Morgan fingerprint density at radius 3 is 2.28 bits per heavy atom. The number of urea groups is 1. The van der Waals surface area contributed by atoms with Crippen LogP contribution in [0.25, 0.3) is 0 Å². The van der Waals surface area contributed by atoms with Crippen molar-refractivity contribution in [2.45, 2.75) is 97.4 Å². The Morgan fingerprint density at radius 1 is 1.06 bits per heavy atom. The van der Waals surface area contributed by atoms with Crippen LogP contribution in [0.5, 0.6) is 0 Å². The third-order valence-corrected chi connectivity index (χ3v) is 8.91. The van der Waals surface area contributed by atoms with E-state index in [9.17, 15) is 4.79 Å². The molecule has 4 saturated carbocycles. The Hall–Kier alpha value is -1.58. The van der Waals surface area contributed by atoms with Crippen LogP contribution in [0.4, 0.5) is 4.79 Å². The lowest BCUT2D eigenvalue weighted by atomic mass is 9.49. The number of aromatic nitrogens is 1. The minimum atomic E-state index is 0.153. The number of amides is 2. The highest BCUT2D eigenvalue weighted by atomic mass is 16.2. The molecule has 2 amide bonds. The van der Waals surface area contributed by atoms with Crippen molar-refractivity contribution in [3.63, 3.8) is 0 Å². The summed E-state index contributed by atoms with van der Waals surface area (Å²) in [5.74, 6) is 3.34. The van der Waals surface area contributed by atoms with Gasteiger partial charge in [-0.3, -0.25) is 4.98 Å². The van der Waals surface area contributed by atoms with E-state index in [0.29, 0.717) is 11.3 Å². The number of pyridine rings is 1. The maximum absolute atomic E-state index is 13.3. The lowest BCUT2D eigenvalue weighted by Gasteiger charge is -2.57. The zero-order valence-electron chi connectivity index (χ0n) is 20.7. The Kier molecular flexibility index (Phi) is 7.78. The van der Waals surface area contributed by atoms with Gasteiger partial charge in [-0.15, -0.1) is 0 Å². The van der Waals surface area contributed by atoms with Crippen LogP contribution in [0.2, 0.25) is 0 Å². The van der Waals surface area contributed by atoms with Gasteiger partial charge in [0.25, 0.3) is 0 Å². The largest absolute Gasteiger partial charge is 0.335 e. The van der Waals surface area contributed by atoms with Gasteiger partial charge >= 0.3 is 6.03 Å². The van der Waals surface area contributed by atoms with Crippen molar-refractivity contribution in [3.8, 4) is 0 Å². The normalized spacial score (nSPS) is 30.2. The number of carbonyl (C=O) groups is 1. The predicted molar refractivity (Wildman–Crippen MR) is 131 cm³/mol. The zero-order chi connectivity index (χ0) is 22.6. The monoisotopic (exact) mass is 439 g/mol. The summed E-state index contributed by atoms with van der Waals surface area (Å²) in [6.45, 7) is 8.47. The lowest BCUT2D eigenvalue weighted by molar-refractivity contribution is -0.0596. The van der Waals surface area contributed by atoms with Crippen LogP contribution in [0, 0.1) is 29.1 Å². The molecule has 32 heavy (non-hydrogen) atoms. The lowest BCUT2D eigenvalue weighted by Crippen LogP contribution is -2.50. The first kappa shape index (κ1) is 23.6. The fourth-order valence-corrected chi connectivity index (χ4v) is 7.33. The van der Waals surface area contributed by atoms with Crippen molar-refractivity contribution in [3.05, 3.63) is 30.1 Å². The summed E-state index contributed by atoms with van der Waals surface area (Å²) in [4.78, 5) is 19.6. The number of unbranched alkanes of at least 4 members (excludes halogenated alkanes) is 2. The highest BCUT2D eigenvalue weighted by Gasteiger charge is 2.50. The fourth-order valence-electron chi connectivity index (χ4n) is 7.33. The van der Waals surface area contributed by atoms with Gasteiger partial charge in [0, 0.05) is 31.5 Å². The molecule has 2 unspecified atom stereocenters. The first-order valence-corrected chi connectivity index (χ1v) is 13.4. The average Bonchev–Trinajstić information content (AvgIpc) is 2.75. The Balaban J connectivity index is 1.32. The molecule has 2 atom stereocenters. The molecular formula is C28H45N3O. The summed E-state index contributed by atoms with van der Waals surface area (Å²) < 4.78 is 0. The molecule has 0 spiro atoms. The highest BCUT2D eigenvalue weighted by Crippen LogP contribution is 2.61. The topological polar surface area (TPSA) is 45.2 Å². The summed E-state index contributed by atoms with van der Waals surface area (Å²) in [7, 11) is 0. The number of hydrogen-bond donors (Lipinski definition) is 1. The maximum atomic E-state index is 13.3. The second-order valence-corrected chi connectivity index (χ2v) is 11.6. The van der Waals surface area contributed by atoms with E-state index >= 15 is 0 Å². The van der Waals surface area contributed by atoms with Gasteiger partial charge in [0.1, 0.15) is 0 Å². The van der Waals surface area contributed by atoms with E-state index in [0.717, 1.165) is 43.7 Å². The minimum Gasteiger partial charge on any atom is -0.335 e. The van der Waals surface area contributed by atoms with Gasteiger partial charge < -0.3 is 10.2 Å². The van der Waals surface area contributed by atoms with Gasteiger partial charge in [-0.1, -0.05) is 26.7 Å². The molecule has 1 heterocycles. The van der Waals surface area contributed by atoms with Crippen LogP contribution in [0.15, 0.2) is 24.5 Å². The van der Waals surface area contributed by atoms with Gasteiger partial charge in [-0.05, 0) is 111 Å². The number of carbonyl (C=O) groups excluding carboxylic acids is 1. The quantitative estimate of drug-likeness (QED) is 0.402. The van der Waals surface area contributed by atoms with Crippen molar-refractivity contribution >= 4 is 6.03 Å². The average molecular weight is 440 g/mol. The van der Waals surface area contributed by atoms with Gasteiger partial charge in [0.05, 0.1) is 0 Å². The summed E-state index contributed by atoms with van der Waals surface area (Å²) in [6, 6.07) is 4.46. The molecule has 0 saturated heterocycles. The smallest absolute Gasteiger partial charge is 0.317 e. The van der Waals surface area contributed by atoms with Gasteiger partial charge in [0.2, 0.25) is 0 Å². The van der Waals surface area contributed by atoms with E-state index in [1.54, 1.807) is 0 Å². The molecular weight excluding hydrogens is 394 g/mol. The Morgan fingerprint density at radius 2 is 1.69 bits per heavy atom. The molecule has 0 radical (unpaired) electrons. The van der Waals surface area contributed by atoms with Crippen molar-refractivity contribution in [2.75, 3.05) is 13.1 Å². The second kappa shape index (κ2) is 10.6. The number of rotatable bonds is 11. The van der Waals surface area contributed by atoms with E-state index in [1.807, 2.05) is 12.4 Å². The highest BCUT2D eigenvalue weighted by molar-refractivity contribution is 5.74. The standard InChI is InChI=1S/C28H45N3O/c1-4-5-6-12-31(13-9-28-18-24-15-25(19-28)17-26(16-24)20-28)27(32)30-22(3)21(2)14-23-7-10-29-11-8-23/h7-8,10-11,21-22,24-26H,4-6,9,12-20H2,1-3H3,(H,30,32). The van der Waals surface area contributed by atoms with Crippen LogP contribution in [-0.4, -0.2) is 35.0 Å². The summed E-state index contributed by atoms with van der Waals surface area (Å²) in [6.07, 6.45) is 18.2. The Bertz CT molecular complexity index is 698.